The van der Waals surface area contributed by atoms with Gasteiger partial charge in [-0.25, -0.2) is 4.98 Å². The second-order valence-corrected chi connectivity index (χ2v) is 5.82. The minimum atomic E-state index is -0.533. The normalized spacial score (nSPS) is 11.0. The average molecular weight is 300 g/mol. The largest absolute Gasteiger partial charge is 0.443 e. The molecule has 0 radical (unpaired) electrons. The molecule has 0 bridgehead atoms. The molecular formula is C15H16N4O3. The van der Waals surface area contributed by atoms with Gasteiger partial charge < -0.3 is 9.73 Å². The average Bonchev–Trinajstić information content (AvgIpc) is 2.93. The molecule has 114 valence electrons. The molecule has 1 heterocycles. The van der Waals surface area contributed by atoms with E-state index < -0.39 is 4.92 Å². The maximum atomic E-state index is 10.7. The first kappa shape index (κ1) is 15.5. The lowest BCUT2D eigenvalue weighted by Gasteiger charge is -2.13. The zero-order chi connectivity index (χ0) is 16.3. The Morgan fingerprint density at radius 3 is 2.73 bits per heavy atom. The zero-order valence-corrected chi connectivity index (χ0v) is 12.6. The molecule has 0 saturated carbocycles. The van der Waals surface area contributed by atoms with E-state index in [2.05, 4.69) is 10.3 Å². The van der Waals surface area contributed by atoms with Crippen LogP contribution in [0.3, 0.4) is 0 Å². The van der Waals surface area contributed by atoms with E-state index in [1.165, 1.54) is 18.2 Å². The Morgan fingerprint density at radius 1 is 1.45 bits per heavy atom. The highest BCUT2D eigenvalue weighted by atomic mass is 16.6. The van der Waals surface area contributed by atoms with Gasteiger partial charge in [0.25, 0.3) is 5.69 Å². The van der Waals surface area contributed by atoms with Crippen molar-refractivity contribution in [3.63, 3.8) is 0 Å². The maximum absolute atomic E-state index is 10.7. The van der Waals surface area contributed by atoms with Crippen molar-refractivity contribution in [2.75, 3.05) is 5.32 Å². The summed E-state index contributed by atoms with van der Waals surface area (Å²) >= 11 is 0. The number of hydrogen-bond acceptors (Lipinski definition) is 6. The second-order valence-electron chi connectivity index (χ2n) is 5.82. The monoisotopic (exact) mass is 300 g/mol. The summed E-state index contributed by atoms with van der Waals surface area (Å²) in [5.74, 6) is 1.26. The first-order valence-electron chi connectivity index (χ1n) is 6.69. The van der Waals surface area contributed by atoms with Crippen molar-refractivity contribution in [2.24, 2.45) is 0 Å². The van der Waals surface area contributed by atoms with E-state index in [-0.39, 0.29) is 16.7 Å². The van der Waals surface area contributed by atoms with Gasteiger partial charge in [-0.15, -0.1) is 0 Å². The van der Waals surface area contributed by atoms with Crippen molar-refractivity contribution in [3.8, 4) is 6.07 Å². The summed E-state index contributed by atoms with van der Waals surface area (Å²) in [5, 5.41) is 22.8. The number of anilines is 1. The number of benzene rings is 1. The zero-order valence-electron chi connectivity index (χ0n) is 12.6. The number of aromatic nitrogens is 1. The molecule has 0 aliphatic heterocycles. The molecule has 0 aliphatic carbocycles. The van der Waals surface area contributed by atoms with Crippen molar-refractivity contribution in [3.05, 3.63) is 51.7 Å². The van der Waals surface area contributed by atoms with Crippen molar-refractivity contribution in [1.29, 1.82) is 5.26 Å². The van der Waals surface area contributed by atoms with Crippen LogP contribution in [0.5, 0.6) is 0 Å². The summed E-state index contributed by atoms with van der Waals surface area (Å²) in [6.45, 7) is 6.36. The predicted octanol–water partition coefficient (Wildman–Crippen LogP) is 3.36. The van der Waals surface area contributed by atoms with Crippen LogP contribution in [0.15, 0.2) is 28.8 Å². The van der Waals surface area contributed by atoms with Crippen LogP contribution in [-0.4, -0.2) is 9.91 Å². The molecule has 0 unspecified atom stereocenters. The van der Waals surface area contributed by atoms with E-state index in [9.17, 15) is 10.1 Å². The number of nitro groups is 1. The van der Waals surface area contributed by atoms with Crippen LogP contribution in [0.25, 0.3) is 0 Å². The van der Waals surface area contributed by atoms with Gasteiger partial charge in [0, 0.05) is 17.5 Å². The lowest BCUT2D eigenvalue weighted by atomic mass is 9.94. The highest BCUT2D eigenvalue weighted by Crippen LogP contribution is 2.24. The number of nitriles is 1. The number of rotatable bonds is 4. The third-order valence-corrected chi connectivity index (χ3v) is 3.06. The number of hydrogen-bond donors (Lipinski definition) is 1. The van der Waals surface area contributed by atoms with E-state index in [1.807, 2.05) is 26.8 Å². The fourth-order valence-corrected chi connectivity index (χ4v) is 1.80. The first-order valence-corrected chi connectivity index (χ1v) is 6.69. The summed E-state index contributed by atoms with van der Waals surface area (Å²) in [7, 11) is 0. The van der Waals surface area contributed by atoms with E-state index >= 15 is 0 Å². The molecule has 1 aromatic heterocycles. The third kappa shape index (κ3) is 3.41. The highest BCUT2D eigenvalue weighted by molar-refractivity contribution is 5.61. The molecule has 0 spiro atoms. The Bertz CT molecular complexity index is 738. The SMILES string of the molecule is CC(C)(C)c1cnc(CNc2ccc([N+](=O)[O-])cc2C#N)o1. The summed E-state index contributed by atoms with van der Waals surface area (Å²) in [4.78, 5) is 14.4. The van der Waals surface area contributed by atoms with E-state index in [0.29, 0.717) is 18.1 Å². The van der Waals surface area contributed by atoms with Crippen molar-refractivity contribution >= 4 is 11.4 Å². The Morgan fingerprint density at radius 2 is 2.18 bits per heavy atom. The highest BCUT2D eigenvalue weighted by Gasteiger charge is 2.19. The molecule has 0 saturated heterocycles. The van der Waals surface area contributed by atoms with Crippen LogP contribution in [0.2, 0.25) is 0 Å². The molecule has 1 aromatic carbocycles. The van der Waals surface area contributed by atoms with Gasteiger partial charge in [-0.2, -0.15) is 5.26 Å². The van der Waals surface area contributed by atoms with Gasteiger partial charge in [0.2, 0.25) is 5.89 Å². The molecule has 22 heavy (non-hydrogen) atoms. The number of non-ortho nitro benzene ring substituents is 1. The summed E-state index contributed by atoms with van der Waals surface area (Å²) in [5.41, 5.74) is 0.463. The molecule has 2 aromatic rings. The van der Waals surface area contributed by atoms with Gasteiger partial charge >= 0.3 is 0 Å². The lowest BCUT2D eigenvalue weighted by Crippen LogP contribution is -2.09. The standard InChI is InChI=1S/C15H16N4O3/c1-15(2,3)13-8-18-14(22-13)9-17-12-5-4-11(19(20)21)6-10(12)7-16/h4-6,8,17H,9H2,1-3H3. The minimum absolute atomic E-state index is 0.117. The maximum Gasteiger partial charge on any atom is 0.270 e. The number of nitro benzene ring substituents is 1. The quantitative estimate of drug-likeness (QED) is 0.685. The van der Waals surface area contributed by atoms with Crippen LogP contribution in [0.1, 0.15) is 38.0 Å². The molecule has 7 nitrogen and oxygen atoms in total. The van der Waals surface area contributed by atoms with Crippen molar-refractivity contribution < 1.29 is 9.34 Å². The summed E-state index contributed by atoms with van der Waals surface area (Å²) < 4.78 is 5.64. The number of nitrogens with one attached hydrogen (secondary N) is 1. The van der Waals surface area contributed by atoms with Crippen LogP contribution in [0, 0.1) is 21.4 Å². The van der Waals surface area contributed by atoms with Gasteiger partial charge in [-0.3, -0.25) is 10.1 Å². The smallest absolute Gasteiger partial charge is 0.270 e. The number of nitrogens with zero attached hydrogens (tertiary/aromatic N) is 3. The van der Waals surface area contributed by atoms with Crippen molar-refractivity contribution in [1.82, 2.24) is 4.98 Å². The molecular weight excluding hydrogens is 284 g/mol. The first-order chi connectivity index (χ1) is 10.3. The number of oxazole rings is 1. The molecule has 7 heteroatoms. The Balaban J connectivity index is 2.13. The van der Waals surface area contributed by atoms with Gasteiger partial charge in [-0.1, -0.05) is 20.8 Å². The van der Waals surface area contributed by atoms with E-state index in [0.717, 1.165) is 5.76 Å². The Hall–Kier alpha value is -2.88. The topological polar surface area (TPSA) is 105 Å². The van der Waals surface area contributed by atoms with Gasteiger partial charge in [0.1, 0.15) is 11.8 Å². The van der Waals surface area contributed by atoms with Gasteiger partial charge in [0.15, 0.2) is 0 Å². The predicted molar refractivity (Wildman–Crippen MR) is 80.3 cm³/mol. The fraction of sp³-hybridized carbons (Fsp3) is 0.333. The fourth-order valence-electron chi connectivity index (χ4n) is 1.80. The Kier molecular flexibility index (Phi) is 4.13. The van der Waals surface area contributed by atoms with Gasteiger partial charge in [-0.05, 0) is 6.07 Å². The van der Waals surface area contributed by atoms with Gasteiger partial charge in [0.05, 0.1) is 28.9 Å². The Labute approximate surface area is 127 Å². The van der Waals surface area contributed by atoms with Crippen LogP contribution in [-0.2, 0) is 12.0 Å². The van der Waals surface area contributed by atoms with E-state index in [1.54, 1.807) is 6.20 Å². The van der Waals surface area contributed by atoms with Crippen molar-refractivity contribution in [2.45, 2.75) is 32.7 Å². The third-order valence-electron chi connectivity index (χ3n) is 3.06. The molecule has 0 atom stereocenters. The van der Waals surface area contributed by atoms with E-state index in [4.69, 9.17) is 9.68 Å². The lowest BCUT2D eigenvalue weighted by molar-refractivity contribution is -0.384. The molecule has 0 aliphatic rings. The molecule has 0 amide bonds. The summed E-state index contributed by atoms with van der Waals surface area (Å²) in [6.07, 6.45) is 1.68. The van der Waals surface area contributed by atoms with Crippen LogP contribution in [0.4, 0.5) is 11.4 Å². The minimum Gasteiger partial charge on any atom is -0.443 e. The second kappa shape index (κ2) is 5.85. The van der Waals surface area contributed by atoms with Crippen LogP contribution >= 0.6 is 0 Å². The molecule has 0 fully saturated rings. The van der Waals surface area contributed by atoms with Crippen LogP contribution < -0.4 is 5.32 Å². The molecule has 2 rings (SSSR count). The molecule has 1 N–H and O–H groups in total. The summed E-state index contributed by atoms with van der Waals surface area (Å²) in [6, 6.07) is 6.02.